The summed E-state index contributed by atoms with van der Waals surface area (Å²) >= 11 is 0. The molecule has 1 aromatic heterocycles. The zero-order valence-corrected chi connectivity index (χ0v) is 20.5. The Bertz CT molecular complexity index is 1520. The number of aromatic nitrogens is 1. The van der Waals surface area contributed by atoms with Crippen LogP contribution in [0.2, 0.25) is 0 Å². The van der Waals surface area contributed by atoms with E-state index in [0.717, 1.165) is 18.2 Å². The Morgan fingerprint density at radius 3 is 2.26 bits per heavy atom. The van der Waals surface area contributed by atoms with E-state index in [1.165, 1.54) is 54.0 Å². The average molecular weight is 550 g/mol. The van der Waals surface area contributed by atoms with E-state index in [0.29, 0.717) is 17.5 Å². The van der Waals surface area contributed by atoms with Gasteiger partial charge in [-0.05, 0) is 56.3 Å². The van der Waals surface area contributed by atoms with Crippen molar-refractivity contribution in [2.75, 3.05) is 5.32 Å². The first-order valence-electron chi connectivity index (χ1n) is 11.5. The minimum absolute atomic E-state index is 0.0935. The number of halogens is 7. The number of amides is 1. The fourth-order valence-electron chi connectivity index (χ4n) is 4.14. The van der Waals surface area contributed by atoms with Gasteiger partial charge in [0.1, 0.15) is 18.2 Å². The molecule has 0 unspecified atom stereocenters. The standard InChI is InChI=1S/C28H21F7N2O2/c1-16-12-22(17(2)37(16)25-9-4-3-8-23(25)28(33,34)35)26(38)36-20-6-5-7-21(14-20)39-15-18-10-11-19(13-24(18)29)27(30,31)32/h3-14H,15H2,1-2H3,(H,36,38). The summed E-state index contributed by atoms with van der Waals surface area (Å²) in [7, 11) is 0. The maximum atomic E-state index is 14.1. The Morgan fingerprint density at radius 1 is 0.872 bits per heavy atom. The van der Waals surface area contributed by atoms with Crippen LogP contribution in [0.5, 0.6) is 5.75 Å². The summed E-state index contributed by atoms with van der Waals surface area (Å²) in [6.07, 6.45) is -9.27. The van der Waals surface area contributed by atoms with Crippen LogP contribution in [0, 0.1) is 19.7 Å². The minimum Gasteiger partial charge on any atom is -0.489 e. The molecule has 11 heteroatoms. The van der Waals surface area contributed by atoms with Gasteiger partial charge in [-0.1, -0.05) is 24.3 Å². The van der Waals surface area contributed by atoms with Gasteiger partial charge in [0.05, 0.1) is 22.4 Å². The average Bonchev–Trinajstić information content (AvgIpc) is 3.16. The fourth-order valence-corrected chi connectivity index (χ4v) is 4.14. The number of nitrogens with zero attached hydrogens (tertiary/aromatic N) is 1. The molecule has 0 bridgehead atoms. The van der Waals surface area contributed by atoms with Gasteiger partial charge in [0.25, 0.3) is 5.91 Å². The molecule has 0 atom stereocenters. The lowest BCUT2D eigenvalue weighted by atomic mass is 10.1. The third-order valence-electron chi connectivity index (χ3n) is 5.99. The molecule has 0 aliphatic carbocycles. The van der Waals surface area contributed by atoms with Crippen LogP contribution in [0.1, 0.15) is 38.4 Å². The van der Waals surface area contributed by atoms with Gasteiger partial charge in [0, 0.05) is 28.7 Å². The van der Waals surface area contributed by atoms with Gasteiger partial charge < -0.3 is 14.6 Å². The van der Waals surface area contributed by atoms with E-state index < -0.39 is 35.2 Å². The molecular formula is C28H21F7N2O2. The second-order valence-electron chi connectivity index (χ2n) is 8.71. The number of nitrogens with one attached hydrogen (secondary N) is 1. The molecule has 0 aliphatic heterocycles. The lowest BCUT2D eigenvalue weighted by Gasteiger charge is -2.17. The van der Waals surface area contributed by atoms with Gasteiger partial charge in [-0.3, -0.25) is 4.79 Å². The van der Waals surface area contributed by atoms with Gasteiger partial charge in [0.2, 0.25) is 0 Å². The largest absolute Gasteiger partial charge is 0.489 e. The first kappa shape index (κ1) is 27.7. The summed E-state index contributed by atoms with van der Waals surface area (Å²) in [5.41, 5.74) is -0.998. The number of alkyl halides is 6. The summed E-state index contributed by atoms with van der Waals surface area (Å²) in [4.78, 5) is 13.0. The van der Waals surface area contributed by atoms with E-state index in [1.807, 2.05) is 0 Å². The number of aryl methyl sites for hydroxylation is 1. The van der Waals surface area contributed by atoms with Crippen LogP contribution in [-0.2, 0) is 19.0 Å². The van der Waals surface area contributed by atoms with E-state index in [1.54, 1.807) is 13.0 Å². The third-order valence-corrected chi connectivity index (χ3v) is 5.99. The predicted octanol–water partition coefficient (Wildman–Crippen LogP) is 8.10. The molecule has 204 valence electrons. The first-order chi connectivity index (χ1) is 18.3. The summed E-state index contributed by atoms with van der Waals surface area (Å²) < 4.78 is 99.9. The molecule has 0 spiro atoms. The number of ether oxygens (including phenoxy) is 1. The highest BCUT2D eigenvalue weighted by Gasteiger charge is 2.34. The molecule has 4 aromatic rings. The number of benzene rings is 3. The van der Waals surface area contributed by atoms with Gasteiger partial charge in [-0.2, -0.15) is 26.3 Å². The number of hydrogen-bond acceptors (Lipinski definition) is 2. The summed E-state index contributed by atoms with van der Waals surface area (Å²) in [6.45, 7) is 2.76. The van der Waals surface area contributed by atoms with Crippen LogP contribution in [0.15, 0.2) is 72.8 Å². The van der Waals surface area contributed by atoms with Crippen LogP contribution in [0.4, 0.5) is 36.4 Å². The smallest absolute Gasteiger partial charge is 0.418 e. The molecule has 1 amide bonds. The molecule has 0 fully saturated rings. The van der Waals surface area contributed by atoms with Crippen molar-refractivity contribution in [1.29, 1.82) is 0 Å². The molecule has 0 saturated heterocycles. The number of carbonyl (C=O) groups is 1. The third kappa shape index (κ3) is 6.08. The summed E-state index contributed by atoms with van der Waals surface area (Å²) in [5, 5.41) is 2.66. The SMILES string of the molecule is Cc1cc(C(=O)Nc2cccc(OCc3ccc(C(F)(F)F)cc3F)c2)c(C)n1-c1ccccc1C(F)(F)F. The van der Waals surface area contributed by atoms with Crippen molar-refractivity contribution >= 4 is 11.6 Å². The van der Waals surface area contributed by atoms with Gasteiger partial charge in [0.15, 0.2) is 0 Å². The maximum absolute atomic E-state index is 14.1. The number of carbonyl (C=O) groups excluding carboxylic acids is 1. The highest BCUT2D eigenvalue weighted by atomic mass is 19.4. The van der Waals surface area contributed by atoms with Crippen LogP contribution >= 0.6 is 0 Å². The van der Waals surface area contributed by atoms with Gasteiger partial charge in [-0.25, -0.2) is 4.39 Å². The number of rotatable bonds is 6. The zero-order chi connectivity index (χ0) is 28.5. The van der Waals surface area contributed by atoms with Crippen molar-refractivity contribution in [2.45, 2.75) is 32.8 Å². The van der Waals surface area contributed by atoms with Crippen LogP contribution < -0.4 is 10.1 Å². The summed E-state index contributed by atoms with van der Waals surface area (Å²) in [6, 6.07) is 14.7. The van der Waals surface area contributed by atoms with E-state index >= 15 is 0 Å². The van der Waals surface area contributed by atoms with E-state index in [-0.39, 0.29) is 34.9 Å². The zero-order valence-electron chi connectivity index (χ0n) is 20.5. The number of anilines is 1. The van der Waals surface area contributed by atoms with Crippen molar-refractivity contribution in [3.8, 4) is 11.4 Å². The number of para-hydroxylation sites is 1. The highest BCUT2D eigenvalue weighted by molar-refractivity contribution is 6.05. The second kappa shape index (κ2) is 10.5. The Morgan fingerprint density at radius 2 is 1.59 bits per heavy atom. The normalized spacial score (nSPS) is 11.9. The quantitative estimate of drug-likeness (QED) is 0.247. The molecule has 0 aliphatic rings. The van der Waals surface area contributed by atoms with Crippen molar-refractivity contribution < 1.29 is 40.3 Å². The van der Waals surface area contributed by atoms with Crippen molar-refractivity contribution in [1.82, 2.24) is 4.57 Å². The van der Waals surface area contributed by atoms with E-state index in [2.05, 4.69) is 5.32 Å². The molecular weight excluding hydrogens is 529 g/mol. The maximum Gasteiger partial charge on any atom is 0.418 e. The molecule has 4 nitrogen and oxygen atoms in total. The van der Waals surface area contributed by atoms with Gasteiger partial charge in [-0.15, -0.1) is 0 Å². The fraction of sp³-hybridized carbons (Fsp3) is 0.179. The summed E-state index contributed by atoms with van der Waals surface area (Å²) in [5.74, 6) is -1.45. The minimum atomic E-state index is -4.67. The molecule has 0 radical (unpaired) electrons. The van der Waals surface area contributed by atoms with Crippen LogP contribution in [0.3, 0.4) is 0 Å². The van der Waals surface area contributed by atoms with E-state index in [9.17, 15) is 35.5 Å². The molecule has 4 rings (SSSR count). The first-order valence-corrected chi connectivity index (χ1v) is 11.5. The molecule has 1 N–H and O–H groups in total. The molecule has 1 heterocycles. The second-order valence-corrected chi connectivity index (χ2v) is 8.71. The predicted molar refractivity (Wildman–Crippen MR) is 130 cm³/mol. The topological polar surface area (TPSA) is 43.3 Å². The van der Waals surface area contributed by atoms with Gasteiger partial charge >= 0.3 is 12.4 Å². The molecule has 3 aromatic carbocycles. The van der Waals surface area contributed by atoms with Crippen LogP contribution in [-0.4, -0.2) is 10.5 Å². The van der Waals surface area contributed by atoms with E-state index in [4.69, 9.17) is 4.74 Å². The monoisotopic (exact) mass is 550 g/mol. The lowest BCUT2D eigenvalue weighted by Crippen LogP contribution is -2.15. The van der Waals surface area contributed by atoms with Crippen molar-refractivity contribution in [3.63, 3.8) is 0 Å². The number of hydrogen-bond donors (Lipinski definition) is 1. The Balaban J connectivity index is 1.51. The highest BCUT2D eigenvalue weighted by Crippen LogP contribution is 2.36. The molecule has 39 heavy (non-hydrogen) atoms. The Hall–Kier alpha value is -4.28. The lowest BCUT2D eigenvalue weighted by molar-refractivity contribution is -0.138. The Labute approximate surface area is 218 Å². The Kier molecular flexibility index (Phi) is 7.45. The van der Waals surface area contributed by atoms with Crippen molar-refractivity contribution in [3.05, 3.63) is 112 Å². The van der Waals surface area contributed by atoms with Crippen LogP contribution in [0.25, 0.3) is 5.69 Å². The van der Waals surface area contributed by atoms with Crippen molar-refractivity contribution in [2.24, 2.45) is 0 Å². The molecule has 0 saturated carbocycles.